The summed E-state index contributed by atoms with van der Waals surface area (Å²) in [6.07, 6.45) is 3.26. The van der Waals surface area contributed by atoms with Crippen LogP contribution in [0.2, 0.25) is 5.02 Å². The zero-order valence-corrected chi connectivity index (χ0v) is 11.2. The fourth-order valence-electron chi connectivity index (χ4n) is 2.27. The summed E-state index contributed by atoms with van der Waals surface area (Å²) < 4.78 is 0. The lowest BCUT2D eigenvalue weighted by Gasteiger charge is -2.28. The smallest absolute Gasteiger partial charge is 0.251 e. The molecule has 2 atom stereocenters. The Hall–Kier alpha value is -1.06. The maximum Gasteiger partial charge on any atom is 0.251 e. The molecule has 3 nitrogen and oxygen atoms in total. The second-order valence-corrected chi connectivity index (χ2v) is 5.30. The van der Waals surface area contributed by atoms with Gasteiger partial charge in [0.15, 0.2) is 0 Å². The molecule has 0 radical (unpaired) electrons. The molecule has 0 aromatic heterocycles. The molecule has 1 aliphatic rings. The molecule has 1 fully saturated rings. The van der Waals surface area contributed by atoms with Gasteiger partial charge in [0.2, 0.25) is 0 Å². The number of amides is 1. The summed E-state index contributed by atoms with van der Waals surface area (Å²) in [5, 5.41) is 13.3. The molecular weight excluding hydrogens is 250 g/mol. The van der Waals surface area contributed by atoms with Gasteiger partial charge in [-0.15, -0.1) is 0 Å². The molecule has 1 amide bonds. The van der Waals surface area contributed by atoms with Gasteiger partial charge in [-0.2, -0.15) is 0 Å². The molecule has 0 unspecified atom stereocenters. The number of rotatable bonds is 2. The van der Waals surface area contributed by atoms with E-state index < -0.39 is 6.10 Å². The standard InChI is InChI=1S/C14H18ClNO2/c1-9-6-7-10(8-11(9)15)14(18)16-12-4-2-3-5-13(12)17/h6-8,12-13,17H,2-5H2,1H3,(H,16,18)/t12-,13-/m0/s1. The first-order chi connectivity index (χ1) is 8.58. The SMILES string of the molecule is Cc1ccc(C(=O)N[C@H]2CCCC[C@@H]2O)cc1Cl. The van der Waals surface area contributed by atoms with Crippen LogP contribution >= 0.6 is 11.6 Å². The molecule has 0 heterocycles. The van der Waals surface area contributed by atoms with Crippen LogP contribution in [-0.4, -0.2) is 23.2 Å². The van der Waals surface area contributed by atoms with Crippen LogP contribution in [0.15, 0.2) is 18.2 Å². The van der Waals surface area contributed by atoms with Gasteiger partial charge in [-0.1, -0.05) is 30.5 Å². The highest BCUT2D eigenvalue weighted by Gasteiger charge is 2.24. The van der Waals surface area contributed by atoms with Crippen LogP contribution in [-0.2, 0) is 0 Å². The number of halogens is 1. The lowest BCUT2D eigenvalue weighted by Crippen LogP contribution is -2.45. The van der Waals surface area contributed by atoms with Crippen LogP contribution in [0.5, 0.6) is 0 Å². The summed E-state index contributed by atoms with van der Waals surface area (Å²) >= 11 is 6.00. The van der Waals surface area contributed by atoms with Crippen molar-refractivity contribution in [2.75, 3.05) is 0 Å². The lowest BCUT2D eigenvalue weighted by molar-refractivity contribution is 0.0717. The molecular formula is C14H18ClNO2. The van der Waals surface area contributed by atoms with Crippen molar-refractivity contribution in [3.63, 3.8) is 0 Å². The van der Waals surface area contributed by atoms with Crippen LogP contribution in [0.3, 0.4) is 0 Å². The van der Waals surface area contributed by atoms with E-state index in [4.69, 9.17) is 11.6 Å². The highest BCUT2D eigenvalue weighted by molar-refractivity contribution is 6.31. The predicted octanol–water partition coefficient (Wildman–Crippen LogP) is 2.68. The van der Waals surface area contributed by atoms with Crippen LogP contribution in [0.1, 0.15) is 41.6 Å². The van der Waals surface area contributed by atoms with E-state index in [1.54, 1.807) is 12.1 Å². The topological polar surface area (TPSA) is 49.3 Å². The molecule has 1 aromatic carbocycles. The third kappa shape index (κ3) is 3.03. The third-order valence-corrected chi connectivity index (χ3v) is 3.89. The van der Waals surface area contributed by atoms with Gasteiger partial charge in [0.05, 0.1) is 12.1 Å². The minimum absolute atomic E-state index is 0.133. The lowest BCUT2D eigenvalue weighted by atomic mass is 9.92. The van der Waals surface area contributed by atoms with Gasteiger partial charge in [-0.05, 0) is 37.5 Å². The summed E-state index contributed by atoms with van der Waals surface area (Å²) in [5.74, 6) is -0.164. The fourth-order valence-corrected chi connectivity index (χ4v) is 2.45. The Kier molecular flexibility index (Phi) is 4.25. The van der Waals surface area contributed by atoms with Crippen molar-refractivity contribution in [2.45, 2.75) is 44.8 Å². The molecule has 0 bridgehead atoms. The molecule has 1 aromatic rings. The number of benzene rings is 1. The highest BCUT2D eigenvalue weighted by Crippen LogP contribution is 2.20. The molecule has 98 valence electrons. The van der Waals surface area contributed by atoms with Crippen LogP contribution < -0.4 is 5.32 Å². The largest absolute Gasteiger partial charge is 0.391 e. The molecule has 2 N–H and O–H groups in total. The number of aliphatic hydroxyl groups excluding tert-OH is 1. The van der Waals surface area contributed by atoms with Crippen molar-refractivity contribution in [3.8, 4) is 0 Å². The summed E-state index contributed by atoms with van der Waals surface area (Å²) in [5.41, 5.74) is 1.49. The molecule has 18 heavy (non-hydrogen) atoms. The fraction of sp³-hybridized carbons (Fsp3) is 0.500. The second-order valence-electron chi connectivity index (χ2n) is 4.90. The predicted molar refractivity (Wildman–Crippen MR) is 71.9 cm³/mol. The average molecular weight is 268 g/mol. The number of aliphatic hydroxyl groups is 1. The molecule has 1 saturated carbocycles. The van der Waals surface area contributed by atoms with Gasteiger partial charge in [-0.3, -0.25) is 4.79 Å². The minimum Gasteiger partial charge on any atom is -0.391 e. The first kappa shape index (κ1) is 13.4. The zero-order chi connectivity index (χ0) is 13.1. The number of nitrogens with one attached hydrogen (secondary N) is 1. The number of hydrogen-bond donors (Lipinski definition) is 2. The molecule has 0 spiro atoms. The van der Waals surface area contributed by atoms with Crippen LogP contribution in [0.25, 0.3) is 0 Å². The van der Waals surface area contributed by atoms with Gasteiger partial charge in [-0.25, -0.2) is 0 Å². The monoisotopic (exact) mass is 267 g/mol. The van der Waals surface area contributed by atoms with Crippen LogP contribution in [0.4, 0.5) is 0 Å². The third-order valence-electron chi connectivity index (χ3n) is 3.48. The van der Waals surface area contributed by atoms with Gasteiger partial charge in [0.25, 0.3) is 5.91 Å². The van der Waals surface area contributed by atoms with Gasteiger partial charge >= 0.3 is 0 Å². The molecule has 1 aliphatic carbocycles. The molecule has 4 heteroatoms. The van der Waals surface area contributed by atoms with Crippen molar-refractivity contribution >= 4 is 17.5 Å². The Labute approximate surface area is 112 Å². The summed E-state index contributed by atoms with van der Waals surface area (Å²) in [7, 11) is 0. The maximum absolute atomic E-state index is 12.0. The number of aryl methyl sites for hydroxylation is 1. The van der Waals surface area contributed by atoms with E-state index in [2.05, 4.69) is 5.32 Å². The zero-order valence-electron chi connectivity index (χ0n) is 10.4. The summed E-state index contributed by atoms with van der Waals surface area (Å²) in [6.45, 7) is 1.90. The van der Waals surface area contributed by atoms with E-state index in [9.17, 15) is 9.90 Å². The molecule has 0 saturated heterocycles. The Morgan fingerprint density at radius 2 is 2.11 bits per heavy atom. The van der Waals surface area contributed by atoms with E-state index in [0.29, 0.717) is 10.6 Å². The van der Waals surface area contributed by atoms with E-state index >= 15 is 0 Å². The van der Waals surface area contributed by atoms with Gasteiger partial charge in [0, 0.05) is 10.6 Å². The van der Waals surface area contributed by atoms with Crippen molar-refractivity contribution < 1.29 is 9.90 Å². The van der Waals surface area contributed by atoms with Crippen LogP contribution in [0, 0.1) is 6.92 Å². The normalized spacial score (nSPS) is 23.7. The van der Waals surface area contributed by atoms with E-state index in [-0.39, 0.29) is 11.9 Å². The van der Waals surface area contributed by atoms with Crippen molar-refractivity contribution in [1.29, 1.82) is 0 Å². The summed E-state index contributed by atoms with van der Waals surface area (Å²) in [6, 6.07) is 5.12. The first-order valence-corrected chi connectivity index (χ1v) is 6.71. The minimum atomic E-state index is -0.427. The van der Waals surface area contributed by atoms with Crippen molar-refractivity contribution in [1.82, 2.24) is 5.32 Å². The average Bonchev–Trinajstić information content (AvgIpc) is 2.35. The molecule has 0 aliphatic heterocycles. The van der Waals surface area contributed by atoms with E-state index in [1.165, 1.54) is 0 Å². The number of carbonyl (C=O) groups excluding carboxylic acids is 1. The van der Waals surface area contributed by atoms with Gasteiger partial charge in [0.1, 0.15) is 0 Å². The molecule has 2 rings (SSSR count). The van der Waals surface area contributed by atoms with Gasteiger partial charge < -0.3 is 10.4 Å². The Morgan fingerprint density at radius 3 is 2.78 bits per heavy atom. The van der Waals surface area contributed by atoms with Crippen molar-refractivity contribution in [2.24, 2.45) is 0 Å². The van der Waals surface area contributed by atoms with Crippen molar-refractivity contribution in [3.05, 3.63) is 34.3 Å². The van der Waals surface area contributed by atoms with E-state index in [1.807, 2.05) is 13.0 Å². The number of hydrogen-bond acceptors (Lipinski definition) is 2. The number of carbonyl (C=O) groups is 1. The first-order valence-electron chi connectivity index (χ1n) is 6.33. The summed E-state index contributed by atoms with van der Waals surface area (Å²) in [4.78, 5) is 12.0. The Morgan fingerprint density at radius 1 is 1.39 bits per heavy atom. The van der Waals surface area contributed by atoms with E-state index in [0.717, 1.165) is 31.2 Å². The Bertz CT molecular complexity index is 447. The quantitative estimate of drug-likeness (QED) is 0.866. The Balaban J connectivity index is 2.04. The maximum atomic E-state index is 12.0. The highest BCUT2D eigenvalue weighted by atomic mass is 35.5. The second kappa shape index (κ2) is 5.72.